The van der Waals surface area contributed by atoms with E-state index in [1.165, 1.54) is 11.1 Å². The Hall–Kier alpha value is -2.20. The number of nitrogens with zero attached hydrogens (tertiary/aromatic N) is 2. The van der Waals surface area contributed by atoms with E-state index in [1.807, 2.05) is 36.2 Å². The number of carbonyl (C=O) groups excluding carboxylic acids is 1. The lowest BCUT2D eigenvalue weighted by molar-refractivity contribution is -0.117. The van der Waals surface area contributed by atoms with E-state index >= 15 is 0 Å². The summed E-state index contributed by atoms with van der Waals surface area (Å²) < 4.78 is 0. The van der Waals surface area contributed by atoms with E-state index in [0.717, 1.165) is 18.7 Å². The smallest absolute Gasteiger partial charge is 0.238 e. The van der Waals surface area contributed by atoms with Crippen molar-refractivity contribution in [3.63, 3.8) is 0 Å². The first-order valence-corrected chi connectivity index (χ1v) is 8.32. The minimum absolute atomic E-state index is 0.00994. The highest BCUT2D eigenvalue weighted by molar-refractivity contribution is 5.92. The summed E-state index contributed by atoms with van der Waals surface area (Å²) in [5, 5.41) is 2.96. The van der Waals surface area contributed by atoms with E-state index < -0.39 is 0 Å². The van der Waals surface area contributed by atoms with E-state index in [1.54, 1.807) is 12.4 Å². The standard InChI is InChI=1S/C20H27N3O/c1-20(2,3)17-5-7-18(8-6-17)22-19(24)15-23(4)14-11-16-9-12-21-13-10-16/h5-10,12-13H,11,14-15H2,1-4H3,(H,22,24). The van der Waals surface area contributed by atoms with E-state index in [0.29, 0.717) is 6.54 Å². The molecule has 0 atom stereocenters. The van der Waals surface area contributed by atoms with E-state index in [2.05, 4.69) is 43.2 Å². The van der Waals surface area contributed by atoms with E-state index in [9.17, 15) is 4.79 Å². The molecule has 0 bridgehead atoms. The van der Waals surface area contributed by atoms with Crippen molar-refractivity contribution in [3.05, 3.63) is 59.9 Å². The second-order valence-electron chi connectivity index (χ2n) is 7.22. The van der Waals surface area contributed by atoms with Crippen molar-refractivity contribution >= 4 is 11.6 Å². The Bertz CT molecular complexity index is 645. The fourth-order valence-corrected chi connectivity index (χ4v) is 2.45. The van der Waals surface area contributed by atoms with Crippen LogP contribution in [0.2, 0.25) is 0 Å². The molecule has 128 valence electrons. The molecule has 0 radical (unpaired) electrons. The first-order chi connectivity index (χ1) is 11.3. The molecule has 0 aliphatic heterocycles. The number of amides is 1. The van der Waals surface area contributed by atoms with Gasteiger partial charge in [-0.1, -0.05) is 32.9 Å². The van der Waals surface area contributed by atoms with Crippen LogP contribution in [0.4, 0.5) is 5.69 Å². The van der Waals surface area contributed by atoms with Gasteiger partial charge in [-0.05, 0) is 54.3 Å². The van der Waals surface area contributed by atoms with Crippen molar-refractivity contribution in [3.8, 4) is 0 Å². The Morgan fingerprint density at radius 2 is 1.71 bits per heavy atom. The first kappa shape index (κ1) is 18.1. The molecule has 1 aromatic carbocycles. The van der Waals surface area contributed by atoms with Crippen molar-refractivity contribution < 1.29 is 4.79 Å². The van der Waals surface area contributed by atoms with Crippen molar-refractivity contribution in [2.45, 2.75) is 32.6 Å². The third-order valence-electron chi connectivity index (χ3n) is 3.98. The fourth-order valence-electron chi connectivity index (χ4n) is 2.45. The number of aromatic nitrogens is 1. The number of pyridine rings is 1. The predicted molar refractivity (Wildman–Crippen MR) is 99.2 cm³/mol. The third kappa shape index (κ3) is 5.78. The summed E-state index contributed by atoms with van der Waals surface area (Å²) in [4.78, 5) is 18.2. The van der Waals surface area contributed by atoms with Crippen LogP contribution in [0.1, 0.15) is 31.9 Å². The van der Waals surface area contributed by atoms with E-state index in [-0.39, 0.29) is 11.3 Å². The number of benzene rings is 1. The summed E-state index contributed by atoms with van der Waals surface area (Å²) in [6.45, 7) is 7.75. The summed E-state index contributed by atoms with van der Waals surface area (Å²) in [6, 6.07) is 12.1. The molecule has 0 aliphatic carbocycles. The number of likely N-dealkylation sites (N-methyl/N-ethyl adjacent to an activating group) is 1. The molecule has 1 N–H and O–H groups in total. The number of nitrogens with one attached hydrogen (secondary N) is 1. The quantitative estimate of drug-likeness (QED) is 0.884. The maximum Gasteiger partial charge on any atom is 0.238 e. The molecule has 0 aliphatic rings. The second kappa shape index (κ2) is 8.06. The molecule has 0 unspecified atom stereocenters. The minimum atomic E-state index is 0.00994. The predicted octanol–water partition coefficient (Wildman–Crippen LogP) is 3.49. The van der Waals surface area contributed by atoms with Gasteiger partial charge >= 0.3 is 0 Å². The van der Waals surface area contributed by atoms with Gasteiger partial charge in [0.05, 0.1) is 6.54 Å². The zero-order valence-corrected chi connectivity index (χ0v) is 15.0. The molecule has 1 amide bonds. The molecule has 0 spiro atoms. The van der Waals surface area contributed by atoms with Gasteiger partial charge in [0.25, 0.3) is 0 Å². The van der Waals surface area contributed by atoms with Crippen LogP contribution < -0.4 is 5.32 Å². The van der Waals surface area contributed by atoms with Crippen LogP contribution in [-0.2, 0) is 16.6 Å². The lowest BCUT2D eigenvalue weighted by Crippen LogP contribution is -2.31. The van der Waals surface area contributed by atoms with Crippen molar-refractivity contribution in [2.75, 3.05) is 25.5 Å². The summed E-state index contributed by atoms with van der Waals surface area (Å²) in [5.74, 6) is 0.00994. The molecule has 0 saturated heterocycles. The largest absolute Gasteiger partial charge is 0.325 e. The molecule has 1 aromatic heterocycles. The Labute approximate surface area is 144 Å². The number of anilines is 1. The molecule has 0 fully saturated rings. The highest BCUT2D eigenvalue weighted by atomic mass is 16.2. The molecule has 1 heterocycles. The average Bonchev–Trinajstić information content (AvgIpc) is 2.53. The maximum atomic E-state index is 12.2. The molecule has 4 heteroatoms. The molecule has 4 nitrogen and oxygen atoms in total. The third-order valence-corrected chi connectivity index (χ3v) is 3.98. The van der Waals surface area contributed by atoms with Crippen molar-refractivity contribution in [2.24, 2.45) is 0 Å². The fraction of sp³-hybridized carbons (Fsp3) is 0.400. The van der Waals surface area contributed by atoms with Gasteiger partial charge in [0.2, 0.25) is 5.91 Å². The molecule has 24 heavy (non-hydrogen) atoms. The van der Waals surface area contributed by atoms with Crippen LogP contribution in [0.25, 0.3) is 0 Å². The summed E-state index contributed by atoms with van der Waals surface area (Å²) >= 11 is 0. The Morgan fingerprint density at radius 1 is 1.08 bits per heavy atom. The van der Waals surface area contributed by atoms with Gasteiger partial charge < -0.3 is 5.32 Å². The topological polar surface area (TPSA) is 45.2 Å². The average molecular weight is 325 g/mol. The van der Waals surface area contributed by atoms with Crippen molar-refractivity contribution in [1.82, 2.24) is 9.88 Å². The molecule has 2 rings (SSSR count). The lowest BCUT2D eigenvalue weighted by Gasteiger charge is -2.19. The van der Waals surface area contributed by atoms with Crippen molar-refractivity contribution in [1.29, 1.82) is 0 Å². The molecular weight excluding hydrogens is 298 g/mol. The van der Waals surface area contributed by atoms with Gasteiger partial charge in [-0.2, -0.15) is 0 Å². The van der Waals surface area contributed by atoms with Gasteiger partial charge in [0.15, 0.2) is 0 Å². The zero-order chi connectivity index (χ0) is 17.6. The van der Waals surface area contributed by atoms with Gasteiger partial charge in [0.1, 0.15) is 0 Å². The molecule has 0 saturated carbocycles. The highest BCUT2D eigenvalue weighted by Crippen LogP contribution is 2.23. The van der Waals surface area contributed by atoms with Crippen LogP contribution in [0.15, 0.2) is 48.8 Å². The van der Waals surface area contributed by atoms with Gasteiger partial charge in [-0.25, -0.2) is 0 Å². The summed E-state index contributed by atoms with van der Waals surface area (Å²) in [6.07, 6.45) is 4.50. The van der Waals surface area contributed by atoms with Crippen LogP contribution in [0.3, 0.4) is 0 Å². The van der Waals surface area contributed by atoms with Crippen LogP contribution >= 0.6 is 0 Å². The second-order valence-corrected chi connectivity index (χ2v) is 7.22. The highest BCUT2D eigenvalue weighted by Gasteiger charge is 2.13. The van der Waals surface area contributed by atoms with Gasteiger partial charge in [0, 0.05) is 24.6 Å². The first-order valence-electron chi connectivity index (χ1n) is 8.32. The normalized spacial score (nSPS) is 11.5. The van der Waals surface area contributed by atoms with Crippen LogP contribution in [-0.4, -0.2) is 35.9 Å². The number of rotatable bonds is 6. The number of carbonyl (C=O) groups is 1. The van der Waals surface area contributed by atoms with Crippen LogP contribution in [0, 0.1) is 0 Å². The number of hydrogen-bond donors (Lipinski definition) is 1. The van der Waals surface area contributed by atoms with Gasteiger partial charge in [-0.3, -0.25) is 14.7 Å². The Morgan fingerprint density at radius 3 is 2.29 bits per heavy atom. The minimum Gasteiger partial charge on any atom is -0.325 e. The summed E-state index contributed by atoms with van der Waals surface area (Å²) in [7, 11) is 1.96. The Balaban J connectivity index is 1.80. The molecule has 2 aromatic rings. The van der Waals surface area contributed by atoms with Gasteiger partial charge in [-0.15, -0.1) is 0 Å². The zero-order valence-electron chi connectivity index (χ0n) is 15.0. The van der Waals surface area contributed by atoms with Crippen LogP contribution in [0.5, 0.6) is 0 Å². The van der Waals surface area contributed by atoms with E-state index in [4.69, 9.17) is 0 Å². The lowest BCUT2D eigenvalue weighted by atomic mass is 9.87. The maximum absolute atomic E-state index is 12.2. The monoisotopic (exact) mass is 325 g/mol. The number of hydrogen-bond acceptors (Lipinski definition) is 3. The SMILES string of the molecule is CN(CCc1ccncc1)CC(=O)Nc1ccc(C(C)(C)C)cc1. The Kier molecular flexibility index (Phi) is 6.10. The summed E-state index contributed by atoms with van der Waals surface area (Å²) in [5.41, 5.74) is 3.45. The molecular formula is C20H27N3O.